The summed E-state index contributed by atoms with van der Waals surface area (Å²) in [7, 11) is -3.29. The van der Waals surface area contributed by atoms with E-state index in [1.807, 2.05) is 0 Å². The van der Waals surface area contributed by atoms with Gasteiger partial charge in [-0.15, -0.1) is 0 Å². The maximum Gasteiger partial charge on any atom is 0.261 e. The highest BCUT2D eigenvalue weighted by molar-refractivity contribution is 7.91. The number of hydrogen-bond donors (Lipinski definition) is 2. The molecule has 0 fully saturated rings. The molecule has 2 aromatic rings. The minimum Gasteiger partial charge on any atom is -0.325 e. The molecule has 134 valence electrons. The lowest BCUT2D eigenvalue weighted by Crippen LogP contribution is -2.21. The molecule has 0 radical (unpaired) electrons. The lowest BCUT2D eigenvalue weighted by molar-refractivity contribution is -0.115. The van der Waals surface area contributed by atoms with E-state index >= 15 is 0 Å². The number of anilines is 1. The molecule has 0 aliphatic carbocycles. The van der Waals surface area contributed by atoms with Crippen molar-refractivity contribution in [3.05, 3.63) is 59.2 Å². The molecule has 2 N–H and O–H groups in total. The smallest absolute Gasteiger partial charge is 0.261 e. The van der Waals surface area contributed by atoms with Gasteiger partial charge in [0.25, 0.3) is 11.8 Å². The molecule has 3 rings (SSSR count). The van der Waals surface area contributed by atoms with Gasteiger partial charge in [-0.2, -0.15) is 0 Å². The summed E-state index contributed by atoms with van der Waals surface area (Å²) in [5, 5.41) is 4.81. The van der Waals surface area contributed by atoms with E-state index in [9.17, 15) is 22.8 Å². The molecule has 1 heterocycles. The van der Waals surface area contributed by atoms with Crippen LogP contribution in [0.2, 0.25) is 0 Å². The van der Waals surface area contributed by atoms with Crippen LogP contribution in [0.5, 0.6) is 0 Å². The Morgan fingerprint density at radius 2 is 1.73 bits per heavy atom. The van der Waals surface area contributed by atoms with Gasteiger partial charge in [-0.05, 0) is 29.8 Å². The van der Waals surface area contributed by atoms with Crippen LogP contribution in [0.4, 0.5) is 5.69 Å². The first-order valence-corrected chi connectivity index (χ1v) is 9.57. The van der Waals surface area contributed by atoms with E-state index in [-0.39, 0.29) is 39.8 Å². The number of fused-ring (bicyclic) bond motifs is 1. The Balaban J connectivity index is 1.75. The lowest BCUT2D eigenvalue weighted by atomic mass is 10.1. The second-order valence-corrected chi connectivity index (χ2v) is 8.06. The van der Waals surface area contributed by atoms with Crippen molar-refractivity contribution in [2.75, 3.05) is 11.1 Å². The molecule has 8 heteroatoms. The maximum atomic E-state index is 12.3. The Hall–Kier alpha value is -3.00. The standard InChI is InChI=1S/C18H16N2O5S/c1-2-26(24,25)12-8-6-11(7-9-12)10-15(21)19-14-5-3-4-13-16(14)18(23)20-17(13)22/h3-9H,2,10H2,1H3,(H,19,21)(H,20,22,23). The largest absolute Gasteiger partial charge is 0.325 e. The van der Waals surface area contributed by atoms with Gasteiger partial charge >= 0.3 is 0 Å². The van der Waals surface area contributed by atoms with Gasteiger partial charge in [-0.25, -0.2) is 8.42 Å². The number of benzene rings is 2. The topological polar surface area (TPSA) is 109 Å². The molecule has 1 aliphatic heterocycles. The maximum absolute atomic E-state index is 12.3. The zero-order valence-electron chi connectivity index (χ0n) is 13.9. The Morgan fingerprint density at radius 1 is 1.04 bits per heavy atom. The summed E-state index contributed by atoms with van der Waals surface area (Å²) in [6, 6.07) is 10.7. The molecule has 3 amide bonds. The second kappa shape index (κ2) is 6.72. The van der Waals surface area contributed by atoms with Crippen LogP contribution in [-0.4, -0.2) is 31.9 Å². The van der Waals surface area contributed by atoms with E-state index in [0.717, 1.165) is 0 Å². The van der Waals surface area contributed by atoms with Crippen LogP contribution in [0.15, 0.2) is 47.4 Å². The zero-order chi connectivity index (χ0) is 18.9. The summed E-state index contributed by atoms with van der Waals surface area (Å²) in [6.07, 6.45) is 0.00564. The van der Waals surface area contributed by atoms with Gasteiger partial charge in [0.15, 0.2) is 9.84 Å². The second-order valence-electron chi connectivity index (χ2n) is 5.78. The molecule has 2 aromatic carbocycles. The van der Waals surface area contributed by atoms with Crippen LogP contribution >= 0.6 is 0 Å². The summed E-state index contributed by atoms with van der Waals surface area (Å²) in [4.78, 5) is 36.0. The first-order chi connectivity index (χ1) is 12.3. The van der Waals surface area contributed by atoms with Crippen LogP contribution < -0.4 is 10.6 Å². The van der Waals surface area contributed by atoms with Crippen molar-refractivity contribution in [1.29, 1.82) is 0 Å². The van der Waals surface area contributed by atoms with Crippen LogP contribution in [0.1, 0.15) is 33.2 Å². The molecular weight excluding hydrogens is 356 g/mol. The summed E-state index contributed by atoms with van der Waals surface area (Å²) in [5.74, 6) is -1.41. The first kappa shape index (κ1) is 17.8. The van der Waals surface area contributed by atoms with Crippen molar-refractivity contribution in [3.8, 4) is 0 Å². The molecule has 0 atom stereocenters. The van der Waals surface area contributed by atoms with Crippen molar-refractivity contribution in [3.63, 3.8) is 0 Å². The van der Waals surface area contributed by atoms with Crippen LogP contribution in [-0.2, 0) is 21.1 Å². The number of carbonyl (C=O) groups excluding carboxylic acids is 3. The molecule has 1 aliphatic rings. The summed E-state index contributed by atoms with van der Waals surface area (Å²) >= 11 is 0. The number of imide groups is 1. The van der Waals surface area contributed by atoms with Crippen LogP contribution in [0.3, 0.4) is 0 Å². The van der Waals surface area contributed by atoms with Gasteiger partial charge in [0.1, 0.15) is 0 Å². The van der Waals surface area contributed by atoms with Crippen LogP contribution in [0.25, 0.3) is 0 Å². The minimum absolute atomic E-state index is 0.00564. The third-order valence-electron chi connectivity index (χ3n) is 4.06. The summed E-state index contributed by atoms with van der Waals surface area (Å²) in [6.45, 7) is 1.57. The van der Waals surface area contributed by atoms with E-state index in [2.05, 4.69) is 10.6 Å². The Morgan fingerprint density at radius 3 is 2.38 bits per heavy atom. The molecule has 0 unspecified atom stereocenters. The molecule has 0 saturated carbocycles. The Bertz CT molecular complexity index is 1010. The lowest BCUT2D eigenvalue weighted by Gasteiger charge is -2.09. The van der Waals surface area contributed by atoms with E-state index in [4.69, 9.17) is 0 Å². The molecule has 0 aromatic heterocycles. The molecular formula is C18H16N2O5S. The highest BCUT2D eigenvalue weighted by atomic mass is 32.2. The minimum atomic E-state index is -3.29. The van der Waals surface area contributed by atoms with Crippen molar-refractivity contribution in [1.82, 2.24) is 5.32 Å². The number of hydrogen-bond acceptors (Lipinski definition) is 5. The average molecular weight is 372 g/mol. The first-order valence-electron chi connectivity index (χ1n) is 7.92. The number of amides is 3. The fourth-order valence-corrected chi connectivity index (χ4v) is 3.57. The molecule has 0 spiro atoms. The summed E-state index contributed by atoms with van der Waals surface area (Å²) < 4.78 is 23.6. The predicted molar refractivity (Wildman–Crippen MR) is 94.7 cm³/mol. The van der Waals surface area contributed by atoms with Gasteiger partial charge < -0.3 is 5.32 Å². The highest BCUT2D eigenvalue weighted by Gasteiger charge is 2.29. The molecule has 0 bridgehead atoms. The van der Waals surface area contributed by atoms with E-state index < -0.39 is 21.7 Å². The van der Waals surface area contributed by atoms with Gasteiger partial charge in [0.05, 0.1) is 33.9 Å². The number of nitrogens with one attached hydrogen (secondary N) is 2. The SMILES string of the molecule is CCS(=O)(=O)c1ccc(CC(=O)Nc2cccc3c2C(=O)NC3=O)cc1. The predicted octanol–water partition coefficient (Wildman–Crippen LogP) is 1.54. The van der Waals surface area contributed by atoms with E-state index in [1.165, 1.54) is 18.2 Å². The number of carbonyl (C=O) groups is 3. The average Bonchev–Trinajstić information content (AvgIpc) is 2.90. The fourth-order valence-electron chi connectivity index (χ4n) is 2.68. The Labute approximate surface area is 150 Å². The fraction of sp³-hybridized carbons (Fsp3) is 0.167. The Kier molecular flexibility index (Phi) is 4.60. The molecule has 7 nitrogen and oxygen atoms in total. The van der Waals surface area contributed by atoms with Gasteiger partial charge in [-0.1, -0.05) is 25.1 Å². The van der Waals surface area contributed by atoms with E-state index in [0.29, 0.717) is 5.56 Å². The number of rotatable bonds is 5. The monoisotopic (exact) mass is 372 g/mol. The van der Waals surface area contributed by atoms with Gasteiger partial charge in [0, 0.05) is 0 Å². The normalized spacial score (nSPS) is 13.3. The van der Waals surface area contributed by atoms with Crippen molar-refractivity contribution in [2.24, 2.45) is 0 Å². The quantitative estimate of drug-likeness (QED) is 0.774. The molecule has 26 heavy (non-hydrogen) atoms. The van der Waals surface area contributed by atoms with Crippen molar-refractivity contribution in [2.45, 2.75) is 18.2 Å². The van der Waals surface area contributed by atoms with Gasteiger partial charge in [-0.3, -0.25) is 19.7 Å². The van der Waals surface area contributed by atoms with E-state index in [1.54, 1.807) is 31.2 Å². The number of sulfone groups is 1. The van der Waals surface area contributed by atoms with Gasteiger partial charge in [0.2, 0.25) is 5.91 Å². The van der Waals surface area contributed by atoms with Crippen molar-refractivity contribution < 1.29 is 22.8 Å². The third-order valence-corrected chi connectivity index (χ3v) is 5.81. The van der Waals surface area contributed by atoms with Crippen molar-refractivity contribution >= 4 is 33.2 Å². The van der Waals surface area contributed by atoms with Crippen LogP contribution in [0, 0.1) is 0 Å². The third kappa shape index (κ3) is 3.36. The highest BCUT2D eigenvalue weighted by Crippen LogP contribution is 2.24. The zero-order valence-corrected chi connectivity index (χ0v) is 14.7. The molecule has 0 saturated heterocycles. The summed E-state index contributed by atoms with van der Waals surface area (Å²) in [5.41, 5.74) is 1.27.